The molecule has 3 rings (SSSR count). The number of fused-ring (bicyclic) bond motifs is 1. The third-order valence-corrected chi connectivity index (χ3v) is 4.39. The van der Waals surface area contributed by atoms with Crippen molar-refractivity contribution in [3.63, 3.8) is 0 Å². The van der Waals surface area contributed by atoms with Gasteiger partial charge in [-0.05, 0) is 24.6 Å². The highest BCUT2D eigenvalue weighted by molar-refractivity contribution is 5.57. The van der Waals surface area contributed by atoms with E-state index in [1.165, 1.54) is 17.7 Å². The van der Waals surface area contributed by atoms with Crippen LogP contribution in [0.3, 0.4) is 0 Å². The highest BCUT2D eigenvalue weighted by Gasteiger charge is 2.34. The first-order valence-corrected chi connectivity index (χ1v) is 7.54. The molecule has 1 aliphatic heterocycles. The zero-order chi connectivity index (χ0) is 18.3. The number of allylic oxidation sites excluding steroid dienone is 1. The van der Waals surface area contributed by atoms with Gasteiger partial charge in [-0.2, -0.15) is 5.26 Å². The van der Waals surface area contributed by atoms with Crippen molar-refractivity contribution >= 4 is 0 Å². The van der Waals surface area contributed by atoms with Gasteiger partial charge in [-0.15, -0.1) is 0 Å². The number of hydrogen-bond donors (Lipinski definition) is 2. The Balaban J connectivity index is 2.32. The molecule has 2 aromatic rings. The van der Waals surface area contributed by atoms with Gasteiger partial charge in [-0.3, -0.25) is 4.79 Å². The number of methoxy groups -OCH3 is 1. The number of nitriles is 1. The lowest BCUT2D eigenvalue weighted by molar-refractivity contribution is 0.372. The van der Waals surface area contributed by atoms with Crippen molar-refractivity contribution in [3.05, 3.63) is 62.9 Å². The number of aromatic hydroxyl groups is 1. The molecule has 128 valence electrons. The second kappa shape index (κ2) is 5.91. The molecule has 1 aromatic carbocycles. The Hall–Kier alpha value is -3.40. The lowest BCUT2D eigenvalue weighted by Gasteiger charge is -2.27. The molecule has 7 heteroatoms. The van der Waals surface area contributed by atoms with Crippen molar-refractivity contribution in [1.82, 2.24) is 4.57 Å². The Morgan fingerprint density at radius 1 is 1.40 bits per heavy atom. The van der Waals surface area contributed by atoms with E-state index in [9.17, 15) is 15.2 Å². The fourth-order valence-corrected chi connectivity index (χ4v) is 2.96. The first kappa shape index (κ1) is 16.5. The van der Waals surface area contributed by atoms with Crippen LogP contribution in [0.5, 0.6) is 17.2 Å². The Morgan fingerprint density at radius 2 is 2.12 bits per heavy atom. The van der Waals surface area contributed by atoms with Crippen LogP contribution in [0.1, 0.15) is 22.7 Å². The molecule has 0 saturated carbocycles. The molecule has 1 aromatic heterocycles. The van der Waals surface area contributed by atoms with Crippen LogP contribution in [0, 0.1) is 18.3 Å². The largest absolute Gasteiger partial charge is 0.504 e. The number of pyridine rings is 1. The third-order valence-electron chi connectivity index (χ3n) is 4.39. The number of aryl methyl sites for hydroxylation is 1. The second-order valence-corrected chi connectivity index (χ2v) is 5.78. The summed E-state index contributed by atoms with van der Waals surface area (Å²) in [6.45, 7) is 1.78. The maximum absolute atomic E-state index is 12.8. The average molecular weight is 339 g/mol. The average Bonchev–Trinajstić information content (AvgIpc) is 2.58. The molecule has 2 heterocycles. The molecular weight excluding hydrogens is 322 g/mol. The number of rotatable bonds is 2. The Morgan fingerprint density at radius 3 is 2.72 bits per heavy atom. The van der Waals surface area contributed by atoms with Crippen molar-refractivity contribution < 1.29 is 14.6 Å². The number of nitrogens with two attached hydrogens (primary N) is 1. The van der Waals surface area contributed by atoms with E-state index in [-0.39, 0.29) is 22.8 Å². The van der Waals surface area contributed by atoms with Crippen LogP contribution in [-0.2, 0) is 7.05 Å². The molecule has 0 amide bonds. The van der Waals surface area contributed by atoms with Gasteiger partial charge in [0.2, 0.25) is 5.88 Å². The van der Waals surface area contributed by atoms with Crippen LogP contribution >= 0.6 is 0 Å². The molecule has 25 heavy (non-hydrogen) atoms. The standard InChI is InChI=1S/C18H17N3O4/c1-9-6-14-16(18(23)21(9)2)15(11(8-19)17(20)25-14)10-4-5-13(24-3)12(22)7-10/h4-7,15,22H,20H2,1-3H3. The van der Waals surface area contributed by atoms with Gasteiger partial charge in [0.15, 0.2) is 11.5 Å². The molecule has 7 nitrogen and oxygen atoms in total. The van der Waals surface area contributed by atoms with E-state index in [0.29, 0.717) is 28.3 Å². The number of benzene rings is 1. The normalized spacial score (nSPS) is 16.0. The smallest absolute Gasteiger partial charge is 0.258 e. The first-order chi connectivity index (χ1) is 11.9. The van der Waals surface area contributed by atoms with Crippen molar-refractivity contribution in [1.29, 1.82) is 5.26 Å². The van der Waals surface area contributed by atoms with E-state index in [1.807, 2.05) is 6.07 Å². The number of phenolic OH excluding ortho intramolecular Hbond substituents is 1. The number of nitrogens with zero attached hydrogens (tertiary/aromatic N) is 2. The second-order valence-electron chi connectivity index (χ2n) is 5.78. The van der Waals surface area contributed by atoms with E-state index in [4.69, 9.17) is 15.2 Å². The molecule has 0 spiro atoms. The van der Waals surface area contributed by atoms with Crippen molar-refractivity contribution in [2.45, 2.75) is 12.8 Å². The molecule has 0 fully saturated rings. The van der Waals surface area contributed by atoms with Crippen LogP contribution in [0.15, 0.2) is 40.5 Å². The van der Waals surface area contributed by atoms with E-state index in [0.717, 1.165) is 0 Å². The highest BCUT2D eigenvalue weighted by atomic mass is 16.5. The number of aromatic nitrogens is 1. The Labute approximate surface area is 144 Å². The molecule has 0 saturated heterocycles. The maximum atomic E-state index is 12.8. The summed E-state index contributed by atoms with van der Waals surface area (Å²) >= 11 is 0. The minimum atomic E-state index is -0.732. The third kappa shape index (κ3) is 2.48. The molecular formula is C18H17N3O4. The van der Waals surface area contributed by atoms with Gasteiger partial charge in [0, 0.05) is 18.8 Å². The van der Waals surface area contributed by atoms with Gasteiger partial charge < -0.3 is 24.9 Å². The minimum Gasteiger partial charge on any atom is -0.504 e. The zero-order valence-corrected chi connectivity index (χ0v) is 14.0. The Kier molecular flexibility index (Phi) is 3.89. The summed E-state index contributed by atoms with van der Waals surface area (Å²) in [4.78, 5) is 12.8. The summed E-state index contributed by atoms with van der Waals surface area (Å²) in [6.07, 6.45) is 0. The summed E-state index contributed by atoms with van der Waals surface area (Å²) in [7, 11) is 3.09. The predicted molar refractivity (Wildman–Crippen MR) is 90.4 cm³/mol. The van der Waals surface area contributed by atoms with E-state index in [1.54, 1.807) is 32.2 Å². The maximum Gasteiger partial charge on any atom is 0.258 e. The van der Waals surface area contributed by atoms with Gasteiger partial charge >= 0.3 is 0 Å². The number of phenols is 1. The molecule has 1 atom stereocenters. The fraction of sp³-hybridized carbons (Fsp3) is 0.222. The number of hydrogen-bond acceptors (Lipinski definition) is 6. The topological polar surface area (TPSA) is 110 Å². The van der Waals surface area contributed by atoms with Crippen LogP contribution in [0.25, 0.3) is 0 Å². The van der Waals surface area contributed by atoms with E-state index in [2.05, 4.69) is 0 Å². The Bertz CT molecular complexity index is 999. The monoisotopic (exact) mass is 339 g/mol. The van der Waals surface area contributed by atoms with E-state index >= 15 is 0 Å². The first-order valence-electron chi connectivity index (χ1n) is 7.54. The van der Waals surface area contributed by atoms with Gasteiger partial charge in [-0.25, -0.2) is 0 Å². The summed E-state index contributed by atoms with van der Waals surface area (Å²) in [6, 6.07) is 8.44. The summed E-state index contributed by atoms with van der Waals surface area (Å²) in [5.74, 6) is -0.263. The van der Waals surface area contributed by atoms with Crippen LogP contribution in [0.4, 0.5) is 0 Å². The zero-order valence-electron chi connectivity index (χ0n) is 14.0. The summed E-state index contributed by atoms with van der Waals surface area (Å²) in [5, 5.41) is 19.6. The lowest BCUT2D eigenvalue weighted by Crippen LogP contribution is -2.31. The summed E-state index contributed by atoms with van der Waals surface area (Å²) in [5.41, 5.74) is 7.30. The molecule has 0 radical (unpaired) electrons. The van der Waals surface area contributed by atoms with Crippen LogP contribution < -0.4 is 20.8 Å². The predicted octanol–water partition coefficient (Wildman–Crippen LogP) is 1.63. The fourth-order valence-electron chi connectivity index (χ4n) is 2.96. The quantitative estimate of drug-likeness (QED) is 0.860. The van der Waals surface area contributed by atoms with Crippen molar-refractivity contribution in [2.24, 2.45) is 12.8 Å². The molecule has 1 aliphatic rings. The van der Waals surface area contributed by atoms with E-state index < -0.39 is 5.92 Å². The summed E-state index contributed by atoms with van der Waals surface area (Å²) < 4.78 is 12.0. The molecule has 0 aliphatic carbocycles. The molecule has 1 unspecified atom stereocenters. The van der Waals surface area contributed by atoms with Crippen LogP contribution in [0.2, 0.25) is 0 Å². The molecule has 3 N–H and O–H groups in total. The highest BCUT2D eigenvalue weighted by Crippen LogP contribution is 2.42. The van der Waals surface area contributed by atoms with Gasteiger partial charge in [0.05, 0.1) is 18.6 Å². The van der Waals surface area contributed by atoms with Crippen LogP contribution in [-0.4, -0.2) is 16.8 Å². The molecule has 0 bridgehead atoms. The number of ether oxygens (including phenoxy) is 2. The SMILES string of the molecule is COc1ccc(C2C(C#N)=C(N)Oc3cc(C)n(C)c(=O)c32)cc1O. The van der Waals surface area contributed by atoms with Crippen molar-refractivity contribution in [2.75, 3.05) is 7.11 Å². The van der Waals surface area contributed by atoms with Gasteiger partial charge in [0.25, 0.3) is 5.56 Å². The van der Waals surface area contributed by atoms with Gasteiger partial charge in [-0.1, -0.05) is 6.07 Å². The minimum absolute atomic E-state index is 0.0528. The van der Waals surface area contributed by atoms with Crippen molar-refractivity contribution in [3.8, 4) is 23.3 Å². The lowest BCUT2D eigenvalue weighted by atomic mass is 9.84. The van der Waals surface area contributed by atoms with Gasteiger partial charge in [0.1, 0.15) is 17.4 Å².